The Morgan fingerprint density at radius 2 is 2.25 bits per heavy atom. The Morgan fingerprint density at radius 1 is 1.54 bits per heavy atom. The van der Waals surface area contributed by atoms with Gasteiger partial charge < -0.3 is 0 Å². The van der Waals surface area contributed by atoms with Crippen molar-refractivity contribution in [3.63, 3.8) is 0 Å². The Balaban J connectivity index is 2.32. The first-order valence-corrected chi connectivity index (χ1v) is 7.94. The van der Waals surface area contributed by atoms with Gasteiger partial charge in [-0.05, 0) is 37.8 Å². The maximum Gasteiger partial charge on any atom is 0.252 e. The minimum absolute atomic E-state index is 0.164. The van der Waals surface area contributed by atoms with Crippen LogP contribution in [0.15, 0.2) is 28.8 Å². The number of hydrogen-bond donors (Lipinski definition) is 0. The predicted molar refractivity (Wildman–Crippen MR) is 87.4 cm³/mol. The van der Waals surface area contributed by atoms with E-state index in [9.17, 15) is 13.6 Å². The number of allylic oxidation sites excluding steroid dienone is 1. The second-order valence-electron chi connectivity index (χ2n) is 6.40. The van der Waals surface area contributed by atoms with Gasteiger partial charge >= 0.3 is 0 Å². The Bertz CT molecular complexity index is 623. The zero-order chi connectivity index (χ0) is 17.9. The van der Waals surface area contributed by atoms with E-state index in [1.165, 1.54) is 18.1 Å². The number of rotatable bonds is 4. The van der Waals surface area contributed by atoms with E-state index in [0.29, 0.717) is 37.1 Å². The minimum Gasteiger partial charge on any atom is -0.295 e. The summed E-state index contributed by atoms with van der Waals surface area (Å²) in [6, 6.07) is 1.60. The van der Waals surface area contributed by atoms with Crippen LogP contribution in [0, 0.1) is 16.7 Å². The molecule has 0 radical (unpaired) electrons. The van der Waals surface area contributed by atoms with E-state index in [4.69, 9.17) is 5.26 Å². The van der Waals surface area contributed by atoms with Crippen molar-refractivity contribution < 1.29 is 13.6 Å². The van der Waals surface area contributed by atoms with E-state index in [-0.39, 0.29) is 6.42 Å². The summed E-state index contributed by atoms with van der Waals surface area (Å²) in [4.78, 5) is 16.6. The van der Waals surface area contributed by atoms with Gasteiger partial charge in [-0.1, -0.05) is 6.58 Å². The fourth-order valence-electron chi connectivity index (χ4n) is 3.26. The first kappa shape index (κ1) is 18.3. The largest absolute Gasteiger partial charge is 0.295 e. The zero-order valence-electron chi connectivity index (χ0n) is 14.0. The molecule has 2 saturated heterocycles. The molecule has 5 nitrogen and oxygen atoms in total. The number of carbonyl (C=O) groups excluding carboxylic acids is 1. The standard InChI is InChI=1S/C17H22F2N4O/c1-12(9-13(10-20)11-21-3)14-5-8-22-7-4-6-17(2,15(18)19)16(24)23(14)22/h9,11,14-15H,1,4-8H2,2-3H3/b13-9-,21-11?/t14-,17?/m0/s1. The lowest BCUT2D eigenvalue weighted by molar-refractivity contribution is -0.162. The molecule has 1 amide bonds. The molecule has 2 rings (SSSR count). The minimum atomic E-state index is -2.71. The van der Waals surface area contributed by atoms with Crippen molar-refractivity contribution in [1.82, 2.24) is 10.0 Å². The highest BCUT2D eigenvalue weighted by Gasteiger charge is 2.51. The van der Waals surface area contributed by atoms with E-state index in [1.54, 1.807) is 13.1 Å². The Morgan fingerprint density at radius 3 is 2.83 bits per heavy atom. The molecular weight excluding hydrogens is 314 g/mol. The molecule has 2 atom stereocenters. The predicted octanol–water partition coefficient (Wildman–Crippen LogP) is 2.58. The Labute approximate surface area is 140 Å². The van der Waals surface area contributed by atoms with Crippen LogP contribution in [0.3, 0.4) is 0 Å². The van der Waals surface area contributed by atoms with Gasteiger partial charge in [-0.2, -0.15) is 5.26 Å². The fourth-order valence-corrected chi connectivity index (χ4v) is 3.26. The van der Waals surface area contributed by atoms with Gasteiger partial charge in [0, 0.05) is 26.4 Å². The van der Waals surface area contributed by atoms with Gasteiger partial charge in [0.05, 0.1) is 11.6 Å². The SMILES string of the molecule is C=C(/C=C(/C#N)C=NC)[C@@H]1CCN2CCCC(C)(C(F)F)C(=O)N12. The Kier molecular flexibility index (Phi) is 5.50. The molecule has 2 fully saturated rings. The summed E-state index contributed by atoms with van der Waals surface area (Å²) in [5.74, 6) is -0.560. The highest BCUT2D eigenvalue weighted by molar-refractivity contribution is 5.85. The number of fused-ring (bicyclic) bond motifs is 1. The van der Waals surface area contributed by atoms with Crippen molar-refractivity contribution in [2.24, 2.45) is 10.4 Å². The lowest BCUT2D eigenvalue weighted by Crippen LogP contribution is -2.51. The van der Waals surface area contributed by atoms with Crippen LogP contribution in [-0.4, -0.2) is 54.7 Å². The molecule has 2 aliphatic heterocycles. The Hall–Kier alpha value is -2.07. The summed E-state index contributed by atoms with van der Waals surface area (Å²) >= 11 is 0. The number of amides is 1. The molecule has 0 aromatic rings. The fraction of sp³-hybridized carbons (Fsp3) is 0.588. The van der Waals surface area contributed by atoms with Crippen LogP contribution in [-0.2, 0) is 4.79 Å². The van der Waals surface area contributed by atoms with Crippen LogP contribution in [0.4, 0.5) is 8.78 Å². The van der Waals surface area contributed by atoms with Crippen molar-refractivity contribution in [3.8, 4) is 6.07 Å². The molecule has 24 heavy (non-hydrogen) atoms. The number of nitrogens with zero attached hydrogens (tertiary/aromatic N) is 4. The van der Waals surface area contributed by atoms with Crippen molar-refractivity contribution >= 4 is 12.1 Å². The monoisotopic (exact) mass is 336 g/mol. The highest BCUT2D eigenvalue weighted by atomic mass is 19.3. The molecule has 2 aliphatic rings. The van der Waals surface area contributed by atoms with Gasteiger partial charge in [0.25, 0.3) is 6.43 Å². The first-order valence-electron chi connectivity index (χ1n) is 7.94. The van der Waals surface area contributed by atoms with Crippen molar-refractivity contribution in [2.75, 3.05) is 20.1 Å². The molecular formula is C17H22F2N4O. The highest BCUT2D eigenvalue weighted by Crippen LogP contribution is 2.40. The molecule has 0 spiro atoms. The summed E-state index contributed by atoms with van der Waals surface area (Å²) in [5, 5.41) is 12.4. The second kappa shape index (κ2) is 7.22. The van der Waals surface area contributed by atoms with Crippen LogP contribution >= 0.6 is 0 Å². The third kappa shape index (κ3) is 3.24. The molecule has 0 aromatic heterocycles. The lowest BCUT2D eigenvalue weighted by Gasteiger charge is -2.36. The third-order valence-corrected chi connectivity index (χ3v) is 4.72. The number of aliphatic imine (C=N–C) groups is 1. The van der Waals surface area contributed by atoms with Crippen molar-refractivity contribution in [3.05, 3.63) is 23.8 Å². The van der Waals surface area contributed by atoms with E-state index in [0.717, 1.165) is 0 Å². The number of carbonyl (C=O) groups is 1. The normalized spacial score (nSPS) is 29.0. The number of hydrogen-bond acceptors (Lipinski definition) is 4. The summed E-state index contributed by atoms with van der Waals surface area (Å²) in [5.41, 5.74) is -0.801. The molecule has 130 valence electrons. The topological polar surface area (TPSA) is 59.7 Å². The van der Waals surface area contributed by atoms with Gasteiger partial charge in [0.15, 0.2) is 0 Å². The van der Waals surface area contributed by atoms with E-state index >= 15 is 0 Å². The summed E-state index contributed by atoms with van der Waals surface area (Å²) < 4.78 is 27.1. The maximum atomic E-state index is 13.5. The molecule has 0 saturated carbocycles. The van der Waals surface area contributed by atoms with E-state index < -0.39 is 23.8 Å². The number of halogens is 2. The second-order valence-corrected chi connectivity index (χ2v) is 6.40. The van der Waals surface area contributed by atoms with Gasteiger partial charge in [0.1, 0.15) is 11.5 Å². The first-order chi connectivity index (χ1) is 11.3. The number of alkyl halides is 2. The van der Waals surface area contributed by atoms with E-state index in [1.807, 2.05) is 11.1 Å². The van der Waals surface area contributed by atoms with Crippen LogP contribution < -0.4 is 0 Å². The number of hydrazine groups is 1. The average Bonchev–Trinajstić information content (AvgIpc) is 2.91. The lowest BCUT2D eigenvalue weighted by atomic mass is 9.84. The third-order valence-electron chi connectivity index (χ3n) is 4.72. The van der Waals surface area contributed by atoms with Crippen LogP contribution in [0.25, 0.3) is 0 Å². The molecule has 1 unspecified atom stereocenters. The van der Waals surface area contributed by atoms with Gasteiger partial charge in [-0.25, -0.2) is 13.8 Å². The summed E-state index contributed by atoms with van der Waals surface area (Å²) in [6.45, 7) is 6.48. The zero-order valence-corrected chi connectivity index (χ0v) is 14.0. The van der Waals surface area contributed by atoms with Crippen molar-refractivity contribution in [1.29, 1.82) is 5.26 Å². The molecule has 2 heterocycles. The van der Waals surface area contributed by atoms with Crippen LogP contribution in [0.5, 0.6) is 0 Å². The molecule has 0 aliphatic carbocycles. The maximum absolute atomic E-state index is 13.5. The molecule has 0 aromatic carbocycles. The quantitative estimate of drug-likeness (QED) is 0.450. The van der Waals surface area contributed by atoms with E-state index in [2.05, 4.69) is 11.6 Å². The van der Waals surface area contributed by atoms with Crippen LogP contribution in [0.1, 0.15) is 26.2 Å². The van der Waals surface area contributed by atoms with Crippen LogP contribution in [0.2, 0.25) is 0 Å². The van der Waals surface area contributed by atoms with Gasteiger partial charge in [0.2, 0.25) is 5.91 Å². The van der Waals surface area contributed by atoms with Crippen molar-refractivity contribution in [2.45, 2.75) is 38.7 Å². The smallest absolute Gasteiger partial charge is 0.252 e. The number of nitriles is 1. The summed E-state index contributed by atoms with van der Waals surface area (Å²) in [6.07, 6.45) is 1.59. The van der Waals surface area contributed by atoms with Gasteiger partial charge in [-0.3, -0.25) is 14.8 Å². The molecule has 0 bridgehead atoms. The summed E-state index contributed by atoms with van der Waals surface area (Å²) in [7, 11) is 1.55. The molecule has 7 heteroatoms. The average molecular weight is 336 g/mol. The molecule has 0 N–H and O–H groups in total. The van der Waals surface area contributed by atoms with Gasteiger partial charge in [-0.15, -0.1) is 0 Å².